The Morgan fingerprint density at radius 2 is 1.76 bits per heavy atom. The van der Waals surface area contributed by atoms with Crippen molar-refractivity contribution < 1.29 is 9.66 Å². The van der Waals surface area contributed by atoms with Crippen LogP contribution >= 0.6 is 15.9 Å². The molecule has 0 bridgehead atoms. The zero-order chi connectivity index (χ0) is 12.3. The molecule has 0 fully saturated rings. The molecule has 0 aromatic heterocycles. The van der Waals surface area contributed by atoms with E-state index in [1.165, 1.54) is 6.07 Å². The smallest absolute Gasteiger partial charge is 0.283 e. The van der Waals surface area contributed by atoms with E-state index < -0.39 is 4.92 Å². The number of ether oxygens (including phenoxy) is 1. The SMILES string of the molecule is O=[N+]([O-])c1ccc(Oc2ccccc2)cc1Br. The normalized spacial score (nSPS) is 9.94. The largest absolute Gasteiger partial charge is 0.457 e. The monoisotopic (exact) mass is 293 g/mol. The lowest BCUT2D eigenvalue weighted by Gasteiger charge is -2.05. The minimum absolute atomic E-state index is 0.0189. The van der Waals surface area contributed by atoms with Crippen molar-refractivity contribution in [3.05, 3.63) is 63.1 Å². The Kier molecular flexibility index (Phi) is 3.39. The van der Waals surface area contributed by atoms with Crippen molar-refractivity contribution in [1.82, 2.24) is 0 Å². The highest BCUT2D eigenvalue weighted by atomic mass is 79.9. The van der Waals surface area contributed by atoms with E-state index in [9.17, 15) is 10.1 Å². The molecule has 0 aliphatic heterocycles. The molecule has 2 aromatic rings. The molecule has 0 unspecified atom stereocenters. The van der Waals surface area contributed by atoms with E-state index in [0.717, 1.165) is 0 Å². The van der Waals surface area contributed by atoms with Crippen molar-refractivity contribution in [3.8, 4) is 11.5 Å². The number of hydrogen-bond donors (Lipinski definition) is 0. The number of nitro benzene ring substituents is 1. The Morgan fingerprint density at radius 1 is 1.06 bits per heavy atom. The van der Waals surface area contributed by atoms with E-state index in [2.05, 4.69) is 15.9 Å². The summed E-state index contributed by atoms with van der Waals surface area (Å²) < 4.78 is 5.94. The molecule has 17 heavy (non-hydrogen) atoms. The van der Waals surface area contributed by atoms with Gasteiger partial charge in [0.05, 0.1) is 9.40 Å². The third-order valence-electron chi connectivity index (χ3n) is 2.09. The lowest BCUT2D eigenvalue weighted by Crippen LogP contribution is -1.90. The Balaban J connectivity index is 2.24. The summed E-state index contributed by atoms with van der Waals surface area (Å²) in [6, 6.07) is 13.8. The zero-order valence-corrected chi connectivity index (χ0v) is 10.3. The van der Waals surface area contributed by atoms with E-state index in [0.29, 0.717) is 16.0 Å². The summed E-state index contributed by atoms with van der Waals surface area (Å²) >= 11 is 3.14. The predicted octanol–water partition coefficient (Wildman–Crippen LogP) is 4.15. The highest BCUT2D eigenvalue weighted by Gasteiger charge is 2.12. The standard InChI is InChI=1S/C12H8BrNO3/c13-11-8-10(6-7-12(11)14(15)16)17-9-4-2-1-3-5-9/h1-8H. The van der Waals surface area contributed by atoms with E-state index in [4.69, 9.17) is 4.74 Å². The number of benzene rings is 2. The van der Waals surface area contributed by atoms with Gasteiger partial charge in [-0.15, -0.1) is 0 Å². The van der Waals surface area contributed by atoms with Gasteiger partial charge in [-0.25, -0.2) is 0 Å². The van der Waals surface area contributed by atoms with E-state index in [-0.39, 0.29) is 5.69 Å². The van der Waals surface area contributed by atoms with Crippen molar-refractivity contribution >= 4 is 21.6 Å². The second-order valence-corrected chi connectivity index (χ2v) is 4.14. The molecule has 0 radical (unpaired) electrons. The van der Waals surface area contributed by atoms with E-state index >= 15 is 0 Å². The van der Waals surface area contributed by atoms with Crippen LogP contribution in [0.2, 0.25) is 0 Å². The van der Waals surface area contributed by atoms with Gasteiger partial charge in [0.2, 0.25) is 0 Å². The molecule has 86 valence electrons. The molecule has 2 aromatic carbocycles. The molecule has 0 atom stereocenters. The Hall–Kier alpha value is -1.88. The van der Waals surface area contributed by atoms with Crippen LogP contribution in [-0.2, 0) is 0 Å². The first-order valence-corrected chi connectivity index (χ1v) is 5.63. The fraction of sp³-hybridized carbons (Fsp3) is 0. The number of nitrogens with zero attached hydrogens (tertiary/aromatic N) is 1. The van der Waals surface area contributed by atoms with Gasteiger partial charge in [-0.05, 0) is 34.1 Å². The number of nitro groups is 1. The highest BCUT2D eigenvalue weighted by molar-refractivity contribution is 9.10. The van der Waals surface area contributed by atoms with Crippen LogP contribution in [0.1, 0.15) is 0 Å². The lowest BCUT2D eigenvalue weighted by atomic mass is 10.3. The molecular formula is C12H8BrNO3. The van der Waals surface area contributed by atoms with Gasteiger partial charge in [0.25, 0.3) is 5.69 Å². The maximum atomic E-state index is 10.6. The maximum absolute atomic E-state index is 10.6. The summed E-state index contributed by atoms with van der Waals surface area (Å²) in [6.07, 6.45) is 0. The van der Waals surface area contributed by atoms with Crippen molar-refractivity contribution in [1.29, 1.82) is 0 Å². The molecule has 0 heterocycles. The number of halogens is 1. The molecule has 4 nitrogen and oxygen atoms in total. The number of rotatable bonds is 3. The number of para-hydroxylation sites is 1. The first kappa shape index (κ1) is 11.6. The van der Waals surface area contributed by atoms with Crippen LogP contribution in [0.15, 0.2) is 53.0 Å². The second kappa shape index (κ2) is 4.97. The third-order valence-corrected chi connectivity index (χ3v) is 2.73. The average molecular weight is 294 g/mol. The molecule has 0 saturated heterocycles. The molecule has 0 aliphatic carbocycles. The van der Waals surface area contributed by atoms with Crippen LogP contribution < -0.4 is 4.74 Å². The summed E-state index contributed by atoms with van der Waals surface area (Å²) in [6.45, 7) is 0. The quantitative estimate of drug-likeness (QED) is 0.631. The molecule has 0 amide bonds. The van der Waals surface area contributed by atoms with E-state index in [1.807, 2.05) is 30.3 Å². The molecule has 0 spiro atoms. The van der Waals surface area contributed by atoms with Crippen LogP contribution in [0.4, 0.5) is 5.69 Å². The zero-order valence-electron chi connectivity index (χ0n) is 8.67. The van der Waals surface area contributed by atoms with Gasteiger partial charge in [-0.3, -0.25) is 10.1 Å². The minimum atomic E-state index is -0.448. The van der Waals surface area contributed by atoms with E-state index in [1.54, 1.807) is 12.1 Å². The fourth-order valence-corrected chi connectivity index (χ4v) is 1.83. The Morgan fingerprint density at radius 3 is 2.35 bits per heavy atom. The van der Waals surface area contributed by atoms with Crippen molar-refractivity contribution in [2.45, 2.75) is 0 Å². The summed E-state index contributed by atoms with van der Waals surface area (Å²) in [5.41, 5.74) is 0.0189. The summed E-state index contributed by atoms with van der Waals surface area (Å²) in [7, 11) is 0. The lowest BCUT2D eigenvalue weighted by molar-refractivity contribution is -0.385. The van der Waals surface area contributed by atoms with Crippen LogP contribution in [0.25, 0.3) is 0 Å². The molecule has 0 N–H and O–H groups in total. The van der Waals surface area contributed by atoms with Gasteiger partial charge in [0.15, 0.2) is 0 Å². The third kappa shape index (κ3) is 2.82. The predicted molar refractivity (Wildman–Crippen MR) is 67.3 cm³/mol. The van der Waals surface area contributed by atoms with Crippen molar-refractivity contribution in [2.75, 3.05) is 0 Å². The van der Waals surface area contributed by atoms with Gasteiger partial charge in [-0.1, -0.05) is 18.2 Å². The first-order valence-electron chi connectivity index (χ1n) is 4.83. The second-order valence-electron chi connectivity index (χ2n) is 3.29. The molecule has 0 aliphatic rings. The summed E-state index contributed by atoms with van der Waals surface area (Å²) in [5, 5.41) is 10.6. The maximum Gasteiger partial charge on any atom is 0.283 e. The topological polar surface area (TPSA) is 52.4 Å². The molecule has 5 heteroatoms. The fourth-order valence-electron chi connectivity index (χ4n) is 1.32. The number of hydrogen-bond acceptors (Lipinski definition) is 3. The Bertz CT molecular complexity index is 543. The molecule has 2 rings (SSSR count). The van der Waals surface area contributed by atoms with Gasteiger partial charge in [-0.2, -0.15) is 0 Å². The van der Waals surface area contributed by atoms with Crippen LogP contribution in [-0.4, -0.2) is 4.92 Å². The van der Waals surface area contributed by atoms with Crippen LogP contribution in [0, 0.1) is 10.1 Å². The average Bonchev–Trinajstić information content (AvgIpc) is 2.30. The molecular weight excluding hydrogens is 286 g/mol. The van der Waals surface area contributed by atoms with Gasteiger partial charge in [0.1, 0.15) is 11.5 Å². The summed E-state index contributed by atoms with van der Waals surface area (Å²) in [4.78, 5) is 10.2. The molecule has 0 saturated carbocycles. The first-order chi connectivity index (χ1) is 8.16. The van der Waals surface area contributed by atoms with Crippen LogP contribution in [0.3, 0.4) is 0 Å². The summed E-state index contributed by atoms with van der Waals surface area (Å²) in [5.74, 6) is 1.24. The van der Waals surface area contributed by atoms with Gasteiger partial charge < -0.3 is 4.74 Å². The van der Waals surface area contributed by atoms with Crippen molar-refractivity contribution in [2.24, 2.45) is 0 Å². The van der Waals surface area contributed by atoms with Gasteiger partial charge >= 0.3 is 0 Å². The van der Waals surface area contributed by atoms with Gasteiger partial charge in [0, 0.05) is 12.1 Å². The minimum Gasteiger partial charge on any atom is -0.457 e. The van der Waals surface area contributed by atoms with Crippen molar-refractivity contribution in [3.63, 3.8) is 0 Å². The van der Waals surface area contributed by atoms with Crippen LogP contribution in [0.5, 0.6) is 11.5 Å². The Labute approximate surface area is 106 Å². The highest BCUT2D eigenvalue weighted by Crippen LogP contribution is 2.31.